The Morgan fingerprint density at radius 3 is 2.46 bits per heavy atom. The molecule has 11 heteroatoms. The van der Waals surface area contributed by atoms with Gasteiger partial charge in [-0.3, -0.25) is 9.10 Å². The lowest BCUT2D eigenvalue weighted by Gasteiger charge is -2.25. The number of carbonyl (C=O) groups is 1. The van der Waals surface area contributed by atoms with Crippen molar-refractivity contribution in [2.24, 2.45) is 0 Å². The van der Waals surface area contributed by atoms with Crippen molar-refractivity contribution in [1.82, 2.24) is 5.32 Å². The van der Waals surface area contributed by atoms with E-state index in [-0.39, 0.29) is 29.5 Å². The number of nitrogens with one attached hydrogen (secondary N) is 1. The highest BCUT2D eigenvalue weighted by molar-refractivity contribution is 7.92. The molecule has 37 heavy (non-hydrogen) atoms. The number of fused-ring (bicyclic) bond motifs is 1. The fourth-order valence-corrected chi connectivity index (χ4v) is 5.26. The van der Waals surface area contributed by atoms with Crippen molar-refractivity contribution in [3.05, 3.63) is 72.0 Å². The average Bonchev–Trinajstić information content (AvgIpc) is 2.91. The van der Waals surface area contributed by atoms with Crippen LogP contribution in [0.5, 0.6) is 23.0 Å². The summed E-state index contributed by atoms with van der Waals surface area (Å²) in [6.45, 7) is 0.339. The van der Waals surface area contributed by atoms with Gasteiger partial charge in [-0.15, -0.1) is 0 Å². The molecular formula is C26H27FN2O7S. The summed E-state index contributed by atoms with van der Waals surface area (Å²) < 4.78 is 63.6. The Hall–Kier alpha value is -3.99. The average molecular weight is 531 g/mol. The van der Waals surface area contributed by atoms with E-state index < -0.39 is 28.3 Å². The molecule has 9 nitrogen and oxygen atoms in total. The summed E-state index contributed by atoms with van der Waals surface area (Å²) in [7, 11) is -1.18. The van der Waals surface area contributed by atoms with E-state index in [0.29, 0.717) is 30.3 Å². The van der Waals surface area contributed by atoms with Crippen molar-refractivity contribution in [3.63, 3.8) is 0 Å². The minimum absolute atomic E-state index is 0.0185. The number of nitrogens with zero attached hydrogens (tertiary/aromatic N) is 1. The number of anilines is 1. The molecule has 3 aromatic carbocycles. The van der Waals surface area contributed by atoms with Crippen LogP contribution in [0.1, 0.15) is 5.56 Å². The first-order valence-corrected chi connectivity index (χ1v) is 12.9. The van der Waals surface area contributed by atoms with Crippen molar-refractivity contribution in [2.75, 3.05) is 44.8 Å². The lowest BCUT2D eigenvalue weighted by molar-refractivity contribution is -0.119. The number of rotatable bonds is 10. The molecule has 0 aromatic heterocycles. The first-order valence-electron chi connectivity index (χ1n) is 11.5. The first-order chi connectivity index (χ1) is 17.8. The molecular weight excluding hydrogens is 503 g/mol. The van der Waals surface area contributed by atoms with Gasteiger partial charge in [-0.05, 0) is 54.4 Å². The van der Waals surface area contributed by atoms with Gasteiger partial charge >= 0.3 is 0 Å². The molecule has 0 saturated carbocycles. The van der Waals surface area contributed by atoms with E-state index in [9.17, 15) is 17.6 Å². The van der Waals surface area contributed by atoms with Crippen LogP contribution < -0.4 is 28.6 Å². The van der Waals surface area contributed by atoms with E-state index in [1.807, 2.05) is 6.07 Å². The van der Waals surface area contributed by atoms with Crippen molar-refractivity contribution < 1.29 is 36.6 Å². The van der Waals surface area contributed by atoms with Crippen LogP contribution >= 0.6 is 0 Å². The molecule has 0 bridgehead atoms. The number of benzene rings is 3. The molecule has 0 saturated heterocycles. The number of carbonyl (C=O) groups excluding carboxylic acids is 1. The zero-order chi connectivity index (χ0) is 26.4. The largest absolute Gasteiger partial charge is 0.493 e. The zero-order valence-electron chi connectivity index (χ0n) is 20.4. The van der Waals surface area contributed by atoms with E-state index in [1.165, 1.54) is 43.5 Å². The van der Waals surface area contributed by atoms with E-state index >= 15 is 0 Å². The number of ether oxygens (including phenoxy) is 4. The Balaban J connectivity index is 1.51. The summed E-state index contributed by atoms with van der Waals surface area (Å²) in [5.74, 6) is 0.681. The van der Waals surface area contributed by atoms with Gasteiger partial charge in [0.15, 0.2) is 23.0 Å². The third-order valence-electron chi connectivity index (χ3n) is 5.67. The Kier molecular flexibility index (Phi) is 8.02. The molecule has 1 amide bonds. The molecule has 1 N–H and O–H groups in total. The summed E-state index contributed by atoms with van der Waals surface area (Å²) in [4.78, 5) is 12.7. The molecule has 4 rings (SSSR count). The fourth-order valence-electron chi connectivity index (χ4n) is 3.83. The molecule has 1 heterocycles. The second-order valence-corrected chi connectivity index (χ2v) is 9.95. The van der Waals surface area contributed by atoms with Crippen LogP contribution in [-0.4, -0.2) is 54.8 Å². The summed E-state index contributed by atoms with van der Waals surface area (Å²) in [6, 6.07) is 14.7. The van der Waals surface area contributed by atoms with E-state index in [2.05, 4.69) is 5.32 Å². The molecule has 0 aliphatic carbocycles. The number of hydrogen-bond donors (Lipinski definition) is 1. The quantitative estimate of drug-likeness (QED) is 0.430. The van der Waals surface area contributed by atoms with Gasteiger partial charge in [0, 0.05) is 12.6 Å². The summed E-state index contributed by atoms with van der Waals surface area (Å²) in [6.07, 6.45) is 0.473. The third-order valence-corrected chi connectivity index (χ3v) is 7.44. The monoisotopic (exact) mass is 530 g/mol. The number of hydrogen-bond acceptors (Lipinski definition) is 7. The van der Waals surface area contributed by atoms with E-state index in [1.54, 1.807) is 19.2 Å². The predicted molar refractivity (Wildman–Crippen MR) is 135 cm³/mol. The van der Waals surface area contributed by atoms with Gasteiger partial charge in [-0.2, -0.15) is 0 Å². The smallest absolute Gasteiger partial charge is 0.264 e. The maximum Gasteiger partial charge on any atom is 0.264 e. The van der Waals surface area contributed by atoms with Crippen LogP contribution in [0.2, 0.25) is 0 Å². The molecule has 0 spiro atoms. The number of methoxy groups -OCH3 is 2. The number of amides is 1. The van der Waals surface area contributed by atoms with Crippen LogP contribution in [0.3, 0.4) is 0 Å². The summed E-state index contributed by atoms with van der Waals surface area (Å²) in [5, 5.41) is 2.73. The number of sulfonamides is 1. The highest BCUT2D eigenvalue weighted by atomic mass is 32.2. The Labute approximate surface area is 214 Å². The molecule has 0 radical (unpaired) electrons. The lowest BCUT2D eigenvalue weighted by Crippen LogP contribution is -2.41. The normalized spacial score (nSPS) is 12.5. The fraction of sp³-hybridized carbons (Fsp3) is 0.269. The molecule has 1 aliphatic rings. The summed E-state index contributed by atoms with van der Waals surface area (Å²) >= 11 is 0. The van der Waals surface area contributed by atoms with Gasteiger partial charge in [-0.1, -0.05) is 12.1 Å². The second kappa shape index (κ2) is 11.4. The molecule has 0 unspecified atom stereocenters. The standard InChI is InChI=1S/C26H27FN2O7S/c1-33-22-8-6-18(14-24(22)34-2)10-11-28-26(30)17-29(20-5-3-4-19(27)15-20)37(31,32)21-7-9-23-25(16-21)36-13-12-35-23/h3-9,14-16H,10-13,17H2,1-2H3,(H,28,30). The van der Waals surface area contributed by atoms with Gasteiger partial charge in [0.25, 0.3) is 10.0 Å². The molecule has 1 aliphatic heterocycles. The van der Waals surface area contributed by atoms with Crippen LogP contribution in [0.15, 0.2) is 65.6 Å². The minimum atomic E-state index is -4.25. The SMILES string of the molecule is COc1ccc(CCNC(=O)CN(c2cccc(F)c2)S(=O)(=O)c2ccc3c(c2)OCCO3)cc1OC. The minimum Gasteiger partial charge on any atom is -0.493 e. The van der Waals surface area contributed by atoms with Crippen LogP contribution in [0.4, 0.5) is 10.1 Å². The predicted octanol–water partition coefficient (Wildman–Crippen LogP) is 3.17. The lowest BCUT2D eigenvalue weighted by atomic mass is 10.1. The molecule has 0 fully saturated rings. The Bertz CT molecular complexity index is 1380. The van der Waals surface area contributed by atoms with Gasteiger partial charge in [0.2, 0.25) is 5.91 Å². The second-order valence-electron chi connectivity index (χ2n) is 8.09. The van der Waals surface area contributed by atoms with E-state index in [4.69, 9.17) is 18.9 Å². The highest BCUT2D eigenvalue weighted by Crippen LogP contribution is 2.34. The molecule has 0 atom stereocenters. The van der Waals surface area contributed by atoms with E-state index in [0.717, 1.165) is 15.9 Å². The van der Waals surface area contributed by atoms with Gasteiger partial charge < -0.3 is 24.3 Å². The Morgan fingerprint density at radius 2 is 1.73 bits per heavy atom. The maximum atomic E-state index is 14.0. The van der Waals surface area contributed by atoms with Gasteiger partial charge in [-0.25, -0.2) is 12.8 Å². The van der Waals surface area contributed by atoms with Crippen molar-refractivity contribution in [1.29, 1.82) is 0 Å². The molecule has 196 valence electrons. The summed E-state index contributed by atoms with van der Waals surface area (Å²) in [5.41, 5.74) is 0.911. The maximum absolute atomic E-state index is 14.0. The van der Waals surface area contributed by atoms with Crippen molar-refractivity contribution in [2.45, 2.75) is 11.3 Å². The van der Waals surface area contributed by atoms with Crippen molar-refractivity contribution >= 4 is 21.6 Å². The number of halogens is 1. The third kappa shape index (κ3) is 6.05. The van der Waals surface area contributed by atoms with Crippen LogP contribution in [-0.2, 0) is 21.2 Å². The highest BCUT2D eigenvalue weighted by Gasteiger charge is 2.29. The van der Waals surface area contributed by atoms with Gasteiger partial charge in [0.05, 0.1) is 24.8 Å². The zero-order valence-corrected chi connectivity index (χ0v) is 21.2. The van der Waals surface area contributed by atoms with Crippen LogP contribution in [0.25, 0.3) is 0 Å². The molecule has 3 aromatic rings. The topological polar surface area (TPSA) is 103 Å². The van der Waals surface area contributed by atoms with Crippen molar-refractivity contribution in [3.8, 4) is 23.0 Å². The Morgan fingerprint density at radius 1 is 0.973 bits per heavy atom. The first kappa shape index (κ1) is 26.1. The van der Waals surface area contributed by atoms with Crippen LogP contribution in [0, 0.1) is 5.82 Å². The van der Waals surface area contributed by atoms with Gasteiger partial charge in [0.1, 0.15) is 25.6 Å².